The van der Waals surface area contributed by atoms with Crippen LogP contribution in [0.1, 0.15) is 15.9 Å². The van der Waals surface area contributed by atoms with Crippen LogP contribution in [0.25, 0.3) is 0 Å². The summed E-state index contributed by atoms with van der Waals surface area (Å²) >= 11 is 2.02. The smallest absolute Gasteiger partial charge is 0.258 e. The molecule has 0 atom stereocenters. The summed E-state index contributed by atoms with van der Waals surface area (Å²) in [7, 11) is 1.74. The van der Waals surface area contributed by atoms with Gasteiger partial charge in [0.25, 0.3) is 5.91 Å². The number of halogens is 1. The van der Waals surface area contributed by atoms with Crippen molar-refractivity contribution in [3.05, 3.63) is 57.2 Å². The first kappa shape index (κ1) is 13.9. The molecule has 0 radical (unpaired) electrons. The van der Waals surface area contributed by atoms with E-state index >= 15 is 0 Å². The van der Waals surface area contributed by atoms with Gasteiger partial charge in [0.1, 0.15) is 5.75 Å². The molecule has 0 saturated carbocycles. The van der Waals surface area contributed by atoms with Crippen LogP contribution in [0.2, 0.25) is 0 Å². The van der Waals surface area contributed by atoms with Crippen molar-refractivity contribution >= 4 is 34.2 Å². The van der Waals surface area contributed by atoms with Crippen LogP contribution < -0.4 is 4.90 Å². The summed E-state index contributed by atoms with van der Waals surface area (Å²) < 4.78 is 0.729. The molecule has 4 heteroatoms. The molecule has 2 rings (SSSR count). The molecule has 98 valence electrons. The molecule has 0 heterocycles. The maximum Gasteiger partial charge on any atom is 0.258 e. The van der Waals surface area contributed by atoms with Crippen LogP contribution in [0.5, 0.6) is 5.75 Å². The second-order valence-corrected chi connectivity index (χ2v) is 5.48. The van der Waals surface area contributed by atoms with Crippen molar-refractivity contribution < 1.29 is 9.90 Å². The zero-order chi connectivity index (χ0) is 14.0. The van der Waals surface area contributed by atoms with Crippen LogP contribution in [0.15, 0.2) is 42.5 Å². The first-order valence-corrected chi connectivity index (χ1v) is 6.91. The van der Waals surface area contributed by atoms with Gasteiger partial charge in [-0.1, -0.05) is 18.2 Å². The highest BCUT2D eigenvalue weighted by molar-refractivity contribution is 14.1. The number of phenols is 1. The summed E-state index contributed by atoms with van der Waals surface area (Å²) in [6, 6.07) is 12.7. The minimum atomic E-state index is -0.138. The number of benzene rings is 2. The topological polar surface area (TPSA) is 40.5 Å². The molecular weight excluding hydrogens is 353 g/mol. The fourth-order valence-electron chi connectivity index (χ4n) is 1.89. The highest BCUT2D eigenvalue weighted by atomic mass is 127. The number of aryl methyl sites for hydroxylation is 1. The number of para-hydroxylation sites is 1. The molecule has 0 fully saturated rings. The van der Waals surface area contributed by atoms with Gasteiger partial charge in [-0.2, -0.15) is 0 Å². The molecule has 0 unspecified atom stereocenters. The van der Waals surface area contributed by atoms with Crippen molar-refractivity contribution in [3.63, 3.8) is 0 Å². The molecule has 0 aliphatic carbocycles. The molecule has 0 saturated heterocycles. The van der Waals surface area contributed by atoms with Gasteiger partial charge in [0, 0.05) is 18.3 Å². The number of nitrogens with zero attached hydrogens (tertiary/aromatic N) is 1. The van der Waals surface area contributed by atoms with Gasteiger partial charge < -0.3 is 10.0 Å². The van der Waals surface area contributed by atoms with Gasteiger partial charge >= 0.3 is 0 Å². The molecule has 0 aliphatic rings. The van der Waals surface area contributed by atoms with Crippen molar-refractivity contribution in [1.29, 1.82) is 0 Å². The van der Waals surface area contributed by atoms with Gasteiger partial charge in [-0.25, -0.2) is 0 Å². The van der Waals surface area contributed by atoms with Gasteiger partial charge in [-0.3, -0.25) is 4.79 Å². The molecule has 1 N–H and O–H groups in total. The third kappa shape index (κ3) is 2.89. The Kier molecular flexibility index (Phi) is 4.09. The van der Waals surface area contributed by atoms with E-state index in [1.807, 2.05) is 53.8 Å². The van der Waals surface area contributed by atoms with E-state index < -0.39 is 0 Å². The lowest BCUT2D eigenvalue weighted by atomic mass is 10.1. The molecule has 19 heavy (non-hydrogen) atoms. The molecule has 1 amide bonds. The van der Waals surface area contributed by atoms with Crippen LogP contribution >= 0.6 is 22.6 Å². The quantitative estimate of drug-likeness (QED) is 0.825. The van der Waals surface area contributed by atoms with Gasteiger partial charge in [0.05, 0.1) is 3.57 Å². The largest absolute Gasteiger partial charge is 0.507 e. The average molecular weight is 367 g/mol. The Morgan fingerprint density at radius 2 is 1.89 bits per heavy atom. The molecule has 2 aromatic rings. The maximum atomic E-state index is 12.4. The Hall–Kier alpha value is -1.56. The van der Waals surface area contributed by atoms with E-state index in [2.05, 4.69) is 0 Å². The summed E-state index contributed by atoms with van der Waals surface area (Å²) in [5.74, 6) is -0.00867. The van der Waals surface area contributed by atoms with E-state index in [1.54, 1.807) is 24.1 Å². The highest BCUT2D eigenvalue weighted by Crippen LogP contribution is 2.24. The molecular formula is C15H14INO2. The Morgan fingerprint density at radius 1 is 1.21 bits per heavy atom. The van der Waals surface area contributed by atoms with E-state index in [1.165, 1.54) is 6.07 Å². The van der Waals surface area contributed by atoms with Crippen molar-refractivity contribution in [1.82, 2.24) is 0 Å². The number of carbonyl (C=O) groups is 1. The molecule has 0 aromatic heterocycles. The average Bonchev–Trinajstić information content (AvgIpc) is 2.41. The van der Waals surface area contributed by atoms with Gasteiger partial charge in [-0.15, -0.1) is 0 Å². The van der Waals surface area contributed by atoms with Crippen LogP contribution in [0.4, 0.5) is 5.69 Å². The minimum Gasteiger partial charge on any atom is -0.507 e. The van der Waals surface area contributed by atoms with Gasteiger partial charge in [-0.05, 0) is 59.3 Å². The number of anilines is 1. The number of hydrogen-bond donors (Lipinski definition) is 1. The predicted molar refractivity (Wildman–Crippen MR) is 84.7 cm³/mol. The Balaban J connectivity index is 2.34. The zero-order valence-electron chi connectivity index (χ0n) is 10.7. The standard InChI is InChI=1S/C15H14INO2/c1-10-5-3-4-6-13(10)17(2)15(19)11-7-8-12(16)14(18)9-11/h3-9,18H,1-2H3. The van der Waals surface area contributed by atoms with Crippen molar-refractivity contribution in [2.45, 2.75) is 6.92 Å². The number of carbonyl (C=O) groups excluding carboxylic acids is 1. The summed E-state index contributed by atoms with van der Waals surface area (Å²) in [4.78, 5) is 14.0. The Morgan fingerprint density at radius 3 is 2.53 bits per heavy atom. The molecule has 0 aliphatic heterocycles. The first-order chi connectivity index (χ1) is 9.00. The van der Waals surface area contributed by atoms with E-state index in [9.17, 15) is 9.90 Å². The minimum absolute atomic E-state index is 0.129. The third-order valence-corrected chi connectivity index (χ3v) is 3.89. The fourth-order valence-corrected chi connectivity index (χ4v) is 2.22. The summed E-state index contributed by atoms with van der Waals surface area (Å²) in [6.07, 6.45) is 0. The lowest BCUT2D eigenvalue weighted by Crippen LogP contribution is -2.26. The SMILES string of the molecule is Cc1ccccc1N(C)C(=O)c1ccc(I)c(O)c1. The van der Waals surface area contributed by atoms with E-state index in [0.717, 1.165) is 14.8 Å². The monoisotopic (exact) mass is 367 g/mol. The van der Waals surface area contributed by atoms with E-state index in [0.29, 0.717) is 5.56 Å². The number of amides is 1. The normalized spacial score (nSPS) is 10.3. The number of phenolic OH excluding ortho intramolecular Hbond substituents is 1. The molecule has 0 spiro atoms. The maximum absolute atomic E-state index is 12.4. The molecule has 0 bridgehead atoms. The fraction of sp³-hybridized carbons (Fsp3) is 0.133. The van der Waals surface area contributed by atoms with Gasteiger partial charge in [0.2, 0.25) is 0 Å². The van der Waals surface area contributed by atoms with Crippen LogP contribution in [0, 0.1) is 10.5 Å². The van der Waals surface area contributed by atoms with Crippen LogP contribution in [0.3, 0.4) is 0 Å². The molecule has 2 aromatic carbocycles. The molecule has 3 nitrogen and oxygen atoms in total. The van der Waals surface area contributed by atoms with Crippen molar-refractivity contribution in [3.8, 4) is 5.75 Å². The third-order valence-electron chi connectivity index (χ3n) is 2.97. The summed E-state index contributed by atoms with van der Waals surface area (Å²) in [6.45, 7) is 1.96. The zero-order valence-corrected chi connectivity index (χ0v) is 12.9. The van der Waals surface area contributed by atoms with E-state index in [-0.39, 0.29) is 11.7 Å². The second kappa shape index (κ2) is 5.61. The lowest BCUT2D eigenvalue weighted by Gasteiger charge is -2.19. The second-order valence-electron chi connectivity index (χ2n) is 4.32. The number of hydrogen-bond acceptors (Lipinski definition) is 2. The first-order valence-electron chi connectivity index (χ1n) is 5.83. The Labute approximate surface area is 126 Å². The summed E-state index contributed by atoms with van der Waals surface area (Å²) in [5.41, 5.74) is 2.38. The predicted octanol–water partition coefficient (Wildman–Crippen LogP) is 3.58. The lowest BCUT2D eigenvalue weighted by molar-refractivity contribution is 0.0992. The van der Waals surface area contributed by atoms with Crippen molar-refractivity contribution in [2.24, 2.45) is 0 Å². The van der Waals surface area contributed by atoms with E-state index in [4.69, 9.17) is 0 Å². The number of aromatic hydroxyl groups is 1. The summed E-state index contributed by atoms with van der Waals surface area (Å²) in [5, 5.41) is 9.68. The van der Waals surface area contributed by atoms with Gasteiger partial charge in [0.15, 0.2) is 0 Å². The van der Waals surface area contributed by atoms with Crippen LogP contribution in [-0.4, -0.2) is 18.1 Å². The highest BCUT2D eigenvalue weighted by Gasteiger charge is 2.15. The number of rotatable bonds is 2. The van der Waals surface area contributed by atoms with Crippen molar-refractivity contribution in [2.75, 3.05) is 11.9 Å². The van der Waals surface area contributed by atoms with Crippen LogP contribution in [-0.2, 0) is 0 Å². The Bertz CT molecular complexity index is 625.